The molecule has 4 unspecified atom stereocenters. The molecule has 0 saturated heterocycles. The Morgan fingerprint density at radius 3 is 2.56 bits per heavy atom. The summed E-state index contributed by atoms with van der Waals surface area (Å²) >= 11 is 0. The smallest absolute Gasteiger partial charge is 0.396 e. The summed E-state index contributed by atoms with van der Waals surface area (Å²) in [5, 5.41) is 24.2. The number of alkyl halides is 3. The molecule has 0 amide bonds. The molecular weight excluding hydrogens is 419 g/mol. The maximum absolute atomic E-state index is 13.1. The number of aliphatic hydroxyl groups is 2. The predicted octanol–water partition coefficient (Wildman–Crippen LogP) is 3.99. The molecule has 8 heteroatoms. The van der Waals surface area contributed by atoms with E-state index in [1.807, 2.05) is 0 Å². The third-order valence-corrected chi connectivity index (χ3v) is 6.93. The standard InChI is InChI=1S/C24H30F3N3O2/c25-24(26,27)16-6-4-5-15(11-16)23-28-10-9-18(30-23)12-19-20(14-31)22(32)13-21(19)29-17-7-2-1-3-8-17/h4-6,9-11,17,19-22,29,31-32H,1-3,7-8,12-14H2. The second kappa shape index (κ2) is 9.85. The number of aromatic nitrogens is 2. The van der Waals surface area contributed by atoms with Crippen molar-refractivity contribution in [2.45, 2.75) is 69.3 Å². The van der Waals surface area contributed by atoms with Crippen LogP contribution in [0.15, 0.2) is 36.5 Å². The van der Waals surface area contributed by atoms with Crippen molar-refractivity contribution in [3.05, 3.63) is 47.8 Å². The first-order valence-corrected chi connectivity index (χ1v) is 11.4. The van der Waals surface area contributed by atoms with Crippen LogP contribution in [0.1, 0.15) is 49.8 Å². The first-order chi connectivity index (χ1) is 15.3. The highest BCUT2D eigenvalue weighted by atomic mass is 19.4. The SMILES string of the molecule is OCC1C(O)CC(NC2CCCCC2)C1Cc1ccnc(-c2cccc(C(F)(F)F)c2)n1. The van der Waals surface area contributed by atoms with Crippen LogP contribution in [-0.4, -0.2) is 45.0 Å². The number of nitrogens with zero attached hydrogens (tertiary/aromatic N) is 2. The summed E-state index contributed by atoms with van der Waals surface area (Å²) in [7, 11) is 0. The third-order valence-electron chi connectivity index (χ3n) is 6.93. The number of hydrogen-bond donors (Lipinski definition) is 3. The molecule has 3 N–H and O–H groups in total. The minimum atomic E-state index is -4.43. The molecule has 1 aromatic heterocycles. The van der Waals surface area contributed by atoms with Crippen LogP contribution in [0.4, 0.5) is 13.2 Å². The van der Waals surface area contributed by atoms with Crippen LogP contribution in [0.2, 0.25) is 0 Å². The average Bonchev–Trinajstić information content (AvgIpc) is 3.07. The fraction of sp³-hybridized carbons (Fsp3) is 0.583. The second-order valence-electron chi connectivity index (χ2n) is 9.08. The van der Waals surface area contributed by atoms with E-state index in [0.29, 0.717) is 30.1 Å². The molecule has 2 saturated carbocycles. The Labute approximate surface area is 186 Å². The van der Waals surface area contributed by atoms with Gasteiger partial charge in [0.15, 0.2) is 5.82 Å². The zero-order valence-electron chi connectivity index (χ0n) is 17.9. The molecule has 4 rings (SSSR count). The number of halogens is 3. The molecule has 0 bridgehead atoms. The Hall–Kier alpha value is -2.03. The van der Waals surface area contributed by atoms with E-state index in [0.717, 1.165) is 25.0 Å². The molecule has 0 aliphatic heterocycles. The van der Waals surface area contributed by atoms with Crippen molar-refractivity contribution in [2.24, 2.45) is 11.8 Å². The van der Waals surface area contributed by atoms with Crippen LogP contribution in [0, 0.1) is 11.8 Å². The van der Waals surface area contributed by atoms with Gasteiger partial charge in [-0.15, -0.1) is 0 Å². The van der Waals surface area contributed by atoms with Crippen LogP contribution in [0.5, 0.6) is 0 Å². The van der Waals surface area contributed by atoms with Gasteiger partial charge in [-0.3, -0.25) is 0 Å². The Morgan fingerprint density at radius 2 is 1.84 bits per heavy atom. The molecule has 2 aromatic rings. The maximum atomic E-state index is 13.1. The van der Waals surface area contributed by atoms with E-state index < -0.39 is 17.8 Å². The highest BCUT2D eigenvalue weighted by molar-refractivity contribution is 5.56. The molecule has 1 aromatic carbocycles. The van der Waals surface area contributed by atoms with E-state index in [-0.39, 0.29) is 30.3 Å². The molecule has 4 atom stereocenters. The number of benzene rings is 1. The Morgan fingerprint density at radius 1 is 1.06 bits per heavy atom. The van der Waals surface area contributed by atoms with E-state index in [1.165, 1.54) is 25.3 Å². The van der Waals surface area contributed by atoms with Gasteiger partial charge in [-0.25, -0.2) is 9.97 Å². The van der Waals surface area contributed by atoms with Crippen molar-refractivity contribution in [1.29, 1.82) is 0 Å². The molecule has 5 nitrogen and oxygen atoms in total. The lowest BCUT2D eigenvalue weighted by atomic mass is 9.87. The lowest BCUT2D eigenvalue weighted by Crippen LogP contribution is -2.43. The quantitative estimate of drug-likeness (QED) is 0.622. The third kappa shape index (κ3) is 5.30. The van der Waals surface area contributed by atoms with E-state index in [2.05, 4.69) is 15.3 Å². The van der Waals surface area contributed by atoms with Crippen molar-refractivity contribution in [3.8, 4) is 11.4 Å². The summed E-state index contributed by atoms with van der Waals surface area (Å²) in [6.45, 7) is -0.111. The zero-order chi connectivity index (χ0) is 22.7. The number of nitrogens with one attached hydrogen (secondary N) is 1. The van der Waals surface area contributed by atoms with Crippen LogP contribution < -0.4 is 5.32 Å². The first kappa shape index (κ1) is 23.1. The van der Waals surface area contributed by atoms with Crippen LogP contribution in [-0.2, 0) is 12.6 Å². The fourth-order valence-electron chi connectivity index (χ4n) is 5.23. The van der Waals surface area contributed by atoms with Gasteiger partial charge < -0.3 is 15.5 Å². The van der Waals surface area contributed by atoms with Crippen LogP contribution in [0.3, 0.4) is 0 Å². The van der Waals surface area contributed by atoms with Gasteiger partial charge in [0.1, 0.15) is 0 Å². The normalized spacial score (nSPS) is 27.0. The van der Waals surface area contributed by atoms with Crippen LogP contribution in [0.25, 0.3) is 11.4 Å². The minimum absolute atomic E-state index is 0.0128. The summed E-state index contributed by atoms with van der Waals surface area (Å²) in [6, 6.07) is 7.26. The largest absolute Gasteiger partial charge is 0.416 e. The van der Waals surface area contributed by atoms with Crippen molar-refractivity contribution in [3.63, 3.8) is 0 Å². The van der Waals surface area contributed by atoms with E-state index in [4.69, 9.17) is 0 Å². The van der Waals surface area contributed by atoms with E-state index >= 15 is 0 Å². The van der Waals surface area contributed by atoms with Crippen molar-refractivity contribution < 1.29 is 23.4 Å². The predicted molar refractivity (Wildman–Crippen MR) is 115 cm³/mol. The summed E-state index contributed by atoms with van der Waals surface area (Å²) < 4.78 is 39.3. The highest BCUT2D eigenvalue weighted by Gasteiger charge is 2.43. The molecule has 2 aliphatic carbocycles. The van der Waals surface area contributed by atoms with Gasteiger partial charge in [-0.05, 0) is 49.8 Å². The Kier molecular flexibility index (Phi) is 7.12. The molecule has 0 radical (unpaired) electrons. The van der Waals surface area contributed by atoms with Gasteiger partial charge >= 0.3 is 6.18 Å². The van der Waals surface area contributed by atoms with Gasteiger partial charge in [0.05, 0.1) is 11.7 Å². The lowest BCUT2D eigenvalue weighted by Gasteiger charge is -2.31. The molecule has 1 heterocycles. The van der Waals surface area contributed by atoms with E-state index in [1.54, 1.807) is 18.3 Å². The van der Waals surface area contributed by atoms with Gasteiger partial charge in [0, 0.05) is 42.1 Å². The molecule has 0 spiro atoms. The van der Waals surface area contributed by atoms with Gasteiger partial charge in [-0.2, -0.15) is 13.2 Å². The number of hydrogen-bond acceptors (Lipinski definition) is 5. The second-order valence-corrected chi connectivity index (χ2v) is 9.08. The monoisotopic (exact) mass is 449 g/mol. The molecule has 174 valence electrons. The Bertz CT molecular complexity index is 902. The Balaban J connectivity index is 1.54. The summed E-state index contributed by atoms with van der Waals surface area (Å²) in [5.41, 5.74) is 0.268. The van der Waals surface area contributed by atoms with Crippen molar-refractivity contribution in [1.82, 2.24) is 15.3 Å². The van der Waals surface area contributed by atoms with Gasteiger partial charge in [0.25, 0.3) is 0 Å². The van der Waals surface area contributed by atoms with Crippen LogP contribution >= 0.6 is 0 Å². The van der Waals surface area contributed by atoms with Gasteiger partial charge in [0.2, 0.25) is 0 Å². The van der Waals surface area contributed by atoms with E-state index in [9.17, 15) is 23.4 Å². The molecule has 2 fully saturated rings. The minimum Gasteiger partial charge on any atom is -0.396 e. The zero-order valence-corrected chi connectivity index (χ0v) is 17.9. The number of rotatable bonds is 6. The maximum Gasteiger partial charge on any atom is 0.416 e. The fourth-order valence-corrected chi connectivity index (χ4v) is 5.23. The summed E-state index contributed by atoms with van der Waals surface area (Å²) in [6.07, 6.45) is 3.54. The summed E-state index contributed by atoms with van der Waals surface area (Å²) in [5.74, 6) is -0.0336. The first-order valence-electron chi connectivity index (χ1n) is 11.4. The molecular formula is C24H30F3N3O2. The topological polar surface area (TPSA) is 78.3 Å². The van der Waals surface area contributed by atoms with Gasteiger partial charge in [-0.1, -0.05) is 31.4 Å². The van der Waals surface area contributed by atoms with Crippen molar-refractivity contribution in [2.75, 3.05) is 6.61 Å². The van der Waals surface area contributed by atoms with Crippen molar-refractivity contribution >= 4 is 0 Å². The summed E-state index contributed by atoms with van der Waals surface area (Å²) in [4.78, 5) is 8.72. The average molecular weight is 450 g/mol. The number of aliphatic hydroxyl groups excluding tert-OH is 2. The molecule has 32 heavy (non-hydrogen) atoms. The lowest BCUT2D eigenvalue weighted by molar-refractivity contribution is -0.137. The molecule has 2 aliphatic rings. The highest BCUT2D eigenvalue weighted by Crippen LogP contribution is 2.36.